The lowest BCUT2D eigenvalue weighted by atomic mass is 10.0. The molecule has 0 bridgehead atoms. The molecule has 8 heteroatoms. The number of aryl methyl sites for hydroxylation is 2. The summed E-state index contributed by atoms with van der Waals surface area (Å²) < 4.78 is 6.98. The number of nitrogens with one attached hydrogen (secondary N) is 2. The van der Waals surface area contributed by atoms with Crippen molar-refractivity contribution in [1.82, 2.24) is 19.7 Å². The fraction of sp³-hybridized carbons (Fsp3) is 0.333. The first-order chi connectivity index (χ1) is 13.9. The monoisotopic (exact) mass is 395 g/mol. The smallest absolute Gasteiger partial charge is 0.263 e. The van der Waals surface area contributed by atoms with E-state index in [-0.39, 0.29) is 24.0 Å². The Morgan fingerprint density at radius 3 is 2.62 bits per heavy atom. The van der Waals surface area contributed by atoms with Crippen LogP contribution in [0.4, 0.5) is 5.82 Å². The van der Waals surface area contributed by atoms with E-state index >= 15 is 0 Å². The van der Waals surface area contributed by atoms with Gasteiger partial charge in [-0.15, -0.1) is 0 Å². The van der Waals surface area contributed by atoms with Crippen LogP contribution in [0.25, 0.3) is 5.95 Å². The third-order valence-corrected chi connectivity index (χ3v) is 4.36. The lowest BCUT2D eigenvalue weighted by Gasteiger charge is -2.10. The van der Waals surface area contributed by atoms with Crippen LogP contribution in [0.3, 0.4) is 0 Å². The number of ether oxygens (including phenoxy) is 1. The molecule has 0 aliphatic carbocycles. The minimum Gasteiger partial charge on any atom is -0.484 e. The summed E-state index contributed by atoms with van der Waals surface area (Å²) in [4.78, 5) is 31.3. The Labute approximate surface area is 168 Å². The predicted octanol–water partition coefficient (Wildman–Crippen LogP) is 2.97. The second-order valence-electron chi connectivity index (χ2n) is 7.06. The fourth-order valence-electron chi connectivity index (χ4n) is 2.80. The van der Waals surface area contributed by atoms with Gasteiger partial charge in [-0.2, -0.15) is 9.78 Å². The molecule has 2 aromatic heterocycles. The lowest BCUT2D eigenvalue weighted by Crippen LogP contribution is -2.23. The van der Waals surface area contributed by atoms with E-state index in [0.717, 1.165) is 0 Å². The number of rotatable bonds is 7. The molecule has 29 heavy (non-hydrogen) atoms. The molecule has 1 aromatic carbocycles. The van der Waals surface area contributed by atoms with Gasteiger partial charge < -0.3 is 10.1 Å². The van der Waals surface area contributed by atoms with Gasteiger partial charge in [0.15, 0.2) is 6.61 Å². The second-order valence-corrected chi connectivity index (χ2v) is 7.06. The van der Waals surface area contributed by atoms with Crippen LogP contribution in [0.1, 0.15) is 43.6 Å². The van der Waals surface area contributed by atoms with Gasteiger partial charge in [-0.1, -0.05) is 32.9 Å². The van der Waals surface area contributed by atoms with Gasteiger partial charge in [0.1, 0.15) is 11.6 Å². The molecule has 0 aliphatic heterocycles. The van der Waals surface area contributed by atoms with Crippen molar-refractivity contribution in [2.45, 2.75) is 40.0 Å². The number of hydrogen-bond acceptors (Lipinski definition) is 5. The van der Waals surface area contributed by atoms with Crippen molar-refractivity contribution >= 4 is 11.7 Å². The third-order valence-electron chi connectivity index (χ3n) is 4.36. The zero-order valence-electron chi connectivity index (χ0n) is 17.0. The quantitative estimate of drug-likeness (QED) is 0.640. The van der Waals surface area contributed by atoms with Crippen LogP contribution in [-0.2, 0) is 11.2 Å². The van der Waals surface area contributed by atoms with Crippen LogP contribution < -0.4 is 15.6 Å². The van der Waals surface area contributed by atoms with E-state index in [4.69, 9.17) is 4.74 Å². The molecule has 0 atom stereocenters. The maximum Gasteiger partial charge on any atom is 0.263 e. The third kappa shape index (κ3) is 5.10. The first kappa shape index (κ1) is 20.3. The number of carbonyl (C=O) groups is 1. The van der Waals surface area contributed by atoms with Crippen molar-refractivity contribution in [3.8, 4) is 11.7 Å². The molecule has 152 valence electrons. The van der Waals surface area contributed by atoms with Crippen LogP contribution in [0.15, 0.2) is 41.2 Å². The molecule has 0 aliphatic rings. The zero-order chi connectivity index (χ0) is 21.0. The van der Waals surface area contributed by atoms with Crippen LogP contribution >= 0.6 is 0 Å². The molecule has 0 unspecified atom stereocenters. The lowest BCUT2D eigenvalue weighted by molar-refractivity contribution is -0.118. The predicted molar refractivity (Wildman–Crippen MR) is 111 cm³/mol. The molecule has 2 heterocycles. The maximum absolute atomic E-state index is 12.4. The van der Waals surface area contributed by atoms with Crippen molar-refractivity contribution in [2.24, 2.45) is 0 Å². The van der Waals surface area contributed by atoms with Crippen molar-refractivity contribution < 1.29 is 9.53 Å². The van der Waals surface area contributed by atoms with Gasteiger partial charge in [0.25, 0.3) is 11.5 Å². The first-order valence-corrected chi connectivity index (χ1v) is 9.55. The fourth-order valence-corrected chi connectivity index (χ4v) is 2.80. The van der Waals surface area contributed by atoms with Crippen LogP contribution in [-0.4, -0.2) is 32.3 Å². The number of nitrogens with zero attached hydrogens (tertiary/aromatic N) is 3. The molecule has 3 rings (SSSR count). The Hall–Kier alpha value is -3.42. The number of carbonyl (C=O) groups excluding carboxylic acids is 1. The molecule has 0 saturated carbocycles. The SMILES string of the molecule is CCc1cc(=O)[nH]c(-n2nc(C)cc2NC(=O)COc2ccc(C(C)C)cc2)n1. The van der Waals surface area contributed by atoms with Crippen LogP contribution in [0, 0.1) is 6.92 Å². The molecule has 2 N–H and O–H groups in total. The van der Waals surface area contributed by atoms with Crippen molar-refractivity contribution in [3.63, 3.8) is 0 Å². The summed E-state index contributed by atoms with van der Waals surface area (Å²) in [6.07, 6.45) is 0.613. The molecular formula is C21H25N5O3. The summed E-state index contributed by atoms with van der Waals surface area (Å²) in [5.41, 5.74) is 2.25. The Balaban J connectivity index is 1.71. The van der Waals surface area contributed by atoms with E-state index in [1.165, 1.54) is 16.3 Å². The minimum atomic E-state index is -0.340. The topological polar surface area (TPSA) is 102 Å². The van der Waals surface area contributed by atoms with Crippen LogP contribution in [0.5, 0.6) is 5.75 Å². The van der Waals surface area contributed by atoms with E-state index in [1.807, 2.05) is 31.2 Å². The van der Waals surface area contributed by atoms with E-state index in [1.54, 1.807) is 13.0 Å². The van der Waals surface area contributed by atoms with E-state index in [9.17, 15) is 9.59 Å². The number of hydrogen-bond donors (Lipinski definition) is 2. The highest BCUT2D eigenvalue weighted by molar-refractivity contribution is 5.91. The molecule has 0 radical (unpaired) electrons. The highest BCUT2D eigenvalue weighted by atomic mass is 16.5. The number of aromatic amines is 1. The van der Waals surface area contributed by atoms with Gasteiger partial charge in [-0.3, -0.25) is 14.6 Å². The Morgan fingerprint density at radius 2 is 1.97 bits per heavy atom. The molecule has 0 saturated heterocycles. The molecule has 0 fully saturated rings. The molecule has 3 aromatic rings. The van der Waals surface area contributed by atoms with E-state index < -0.39 is 0 Å². The summed E-state index contributed by atoms with van der Waals surface area (Å²) in [5, 5.41) is 7.08. The molecule has 8 nitrogen and oxygen atoms in total. The minimum absolute atomic E-state index is 0.149. The molecule has 0 spiro atoms. The summed E-state index contributed by atoms with van der Waals surface area (Å²) >= 11 is 0. The highest BCUT2D eigenvalue weighted by Gasteiger charge is 2.14. The molecular weight excluding hydrogens is 370 g/mol. The average Bonchev–Trinajstić information content (AvgIpc) is 3.06. The maximum atomic E-state index is 12.4. The van der Waals surface area contributed by atoms with Gasteiger partial charge in [-0.05, 0) is 37.0 Å². The number of aromatic nitrogens is 4. The van der Waals surface area contributed by atoms with Crippen molar-refractivity contribution in [3.05, 3.63) is 63.7 Å². The van der Waals surface area contributed by atoms with Crippen LogP contribution in [0.2, 0.25) is 0 Å². The standard InChI is InChI=1S/C21H25N5O3/c1-5-16-11-19(27)24-21(22-16)26-18(10-14(4)25-26)23-20(28)12-29-17-8-6-15(7-9-17)13(2)3/h6-11,13H,5,12H2,1-4H3,(H,23,28)(H,22,24,27). The van der Waals surface area contributed by atoms with Crippen molar-refractivity contribution in [1.29, 1.82) is 0 Å². The summed E-state index contributed by atoms with van der Waals surface area (Å²) in [7, 11) is 0. The van der Waals surface area contributed by atoms with Crippen molar-refractivity contribution in [2.75, 3.05) is 11.9 Å². The summed E-state index contributed by atoms with van der Waals surface area (Å²) in [6.45, 7) is 7.79. The zero-order valence-corrected chi connectivity index (χ0v) is 17.0. The summed E-state index contributed by atoms with van der Waals surface area (Å²) in [5.74, 6) is 1.37. The average molecular weight is 395 g/mol. The Bertz CT molecular complexity index is 1050. The Kier molecular flexibility index (Phi) is 6.11. The number of amides is 1. The number of benzene rings is 1. The van der Waals surface area contributed by atoms with Gasteiger partial charge in [-0.25, -0.2) is 4.98 Å². The van der Waals surface area contributed by atoms with E-state index in [0.29, 0.717) is 35.3 Å². The second kappa shape index (κ2) is 8.72. The van der Waals surface area contributed by atoms with Gasteiger partial charge in [0.05, 0.1) is 5.69 Å². The Morgan fingerprint density at radius 1 is 1.24 bits per heavy atom. The number of H-pyrrole nitrogens is 1. The normalized spacial score (nSPS) is 10.9. The van der Waals surface area contributed by atoms with Gasteiger partial charge >= 0.3 is 0 Å². The first-order valence-electron chi connectivity index (χ1n) is 9.55. The van der Waals surface area contributed by atoms with E-state index in [2.05, 4.69) is 34.2 Å². The summed E-state index contributed by atoms with van der Waals surface area (Å²) in [6, 6.07) is 10.8. The molecule has 1 amide bonds. The largest absolute Gasteiger partial charge is 0.484 e. The van der Waals surface area contributed by atoms with Gasteiger partial charge in [0, 0.05) is 17.8 Å². The van der Waals surface area contributed by atoms with Gasteiger partial charge in [0.2, 0.25) is 5.95 Å². The number of anilines is 1. The highest BCUT2D eigenvalue weighted by Crippen LogP contribution is 2.19.